The van der Waals surface area contributed by atoms with E-state index in [1.807, 2.05) is 0 Å². The quantitative estimate of drug-likeness (QED) is 0.909. The molecule has 1 aliphatic rings. The van der Waals surface area contributed by atoms with Gasteiger partial charge in [-0.2, -0.15) is 21.7 Å². The minimum absolute atomic E-state index is 0.178. The van der Waals surface area contributed by atoms with Crippen LogP contribution in [0.4, 0.5) is 0 Å². The molecule has 1 heterocycles. The lowest BCUT2D eigenvalue weighted by molar-refractivity contribution is 0.515. The summed E-state index contributed by atoms with van der Waals surface area (Å²) in [6.07, 6.45) is 0.546. The molecule has 0 unspecified atom stereocenters. The highest BCUT2D eigenvalue weighted by atomic mass is 79.9. The van der Waals surface area contributed by atoms with Crippen LogP contribution in [-0.4, -0.2) is 25.5 Å². The number of nitrogens with one attached hydrogen (secondary N) is 1. The second kappa shape index (κ2) is 5.21. The lowest BCUT2D eigenvalue weighted by Gasteiger charge is -2.20. The van der Waals surface area contributed by atoms with Crippen LogP contribution in [0.1, 0.15) is 6.42 Å². The van der Waals surface area contributed by atoms with Crippen LogP contribution in [0.5, 0.6) is 0 Å². The Morgan fingerprint density at radius 1 is 1.39 bits per heavy atom. The SMILES string of the molecule is N#C[C@@]1(NS(=O)(=O)c2ccc(Br)cc2)CCSC1. The number of rotatable bonds is 3. The molecule has 0 saturated carbocycles. The normalized spacial score (nSPS) is 23.8. The number of nitrogens with zero attached hydrogens (tertiary/aromatic N) is 1. The molecule has 1 fully saturated rings. The Hall–Kier alpha value is -0.550. The first-order chi connectivity index (χ1) is 8.47. The summed E-state index contributed by atoms with van der Waals surface area (Å²) in [7, 11) is -3.64. The number of benzene rings is 1. The van der Waals surface area contributed by atoms with Crippen LogP contribution in [0.25, 0.3) is 0 Å². The van der Waals surface area contributed by atoms with E-state index in [9.17, 15) is 13.7 Å². The van der Waals surface area contributed by atoms with Gasteiger partial charge in [-0.05, 0) is 36.4 Å². The van der Waals surface area contributed by atoms with Gasteiger partial charge >= 0.3 is 0 Å². The molecule has 1 N–H and O–H groups in total. The van der Waals surface area contributed by atoms with Gasteiger partial charge in [0.1, 0.15) is 5.54 Å². The van der Waals surface area contributed by atoms with Crippen molar-refractivity contribution in [2.45, 2.75) is 16.9 Å². The molecule has 0 aromatic heterocycles. The van der Waals surface area contributed by atoms with Crippen LogP contribution < -0.4 is 4.72 Å². The Morgan fingerprint density at radius 2 is 2.06 bits per heavy atom. The molecule has 0 bridgehead atoms. The predicted octanol–water partition coefficient (Wildman–Crippen LogP) is 2.13. The van der Waals surface area contributed by atoms with E-state index >= 15 is 0 Å². The fourth-order valence-electron chi connectivity index (χ4n) is 1.69. The van der Waals surface area contributed by atoms with Crippen molar-refractivity contribution < 1.29 is 8.42 Å². The molecule has 7 heteroatoms. The van der Waals surface area contributed by atoms with Gasteiger partial charge in [-0.1, -0.05) is 15.9 Å². The molecule has 1 saturated heterocycles. The Morgan fingerprint density at radius 3 is 2.56 bits per heavy atom. The first-order valence-corrected chi connectivity index (χ1v) is 8.69. The minimum Gasteiger partial charge on any atom is -0.207 e. The second-order valence-corrected chi connectivity index (χ2v) is 7.76. The molecule has 0 spiro atoms. The van der Waals surface area contributed by atoms with E-state index in [0.29, 0.717) is 12.2 Å². The minimum atomic E-state index is -3.64. The summed E-state index contributed by atoms with van der Waals surface area (Å²) in [5.41, 5.74) is -0.962. The lowest BCUT2D eigenvalue weighted by atomic mass is 10.0. The van der Waals surface area contributed by atoms with Gasteiger partial charge in [-0.15, -0.1) is 0 Å². The standard InChI is InChI=1S/C11H11BrN2O2S2/c12-9-1-3-10(4-2-9)18(15,16)14-11(7-13)5-6-17-8-11/h1-4,14H,5-6,8H2/t11-/m0/s1. The van der Waals surface area contributed by atoms with Crippen molar-refractivity contribution in [1.82, 2.24) is 4.72 Å². The van der Waals surface area contributed by atoms with E-state index in [1.165, 1.54) is 12.1 Å². The van der Waals surface area contributed by atoms with Crippen molar-refractivity contribution in [3.8, 4) is 6.07 Å². The van der Waals surface area contributed by atoms with E-state index in [1.54, 1.807) is 23.9 Å². The third-order valence-electron chi connectivity index (χ3n) is 2.69. The van der Waals surface area contributed by atoms with Crippen LogP contribution in [0, 0.1) is 11.3 Å². The topological polar surface area (TPSA) is 70.0 Å². The molecule has 0 radical (unpaired) electrons. The molecular formula is C11H11BrN2O2S2. The molecule has 96 valence electrons. The highest BCUT2D eigenvalue weighted by Crippen LogP contribution is 2.29. The molecule has 4 nitrogen and oxygen atoms in total. The average molecular weight is 347 g/mol. The van der Waals surface area contributed by atoms with Crippen molar-refractivity contribution in [3.05, 3.63) is 28.7 Å². The zero-order valence-electron chi connectivity index (χ0n) is 9.39. The monoisotopic (exact) mass is 346 g/mol. The van der Waals surface area contributed by atoms with Gasteiger partial charge in [-0.25, -0.2) is 8.42 Å². The number of thioether (sulfide) groups is 1. The van der Waals surface area contributed by atoms with E-state index in [-0.39, 0.29) is 4.90 Å². The Bertz CT molecular complexity index is 572. The fourth-order valence-corrected chi connectivity index (χ4v) is 4.66. The lowest BCUT2D eigenvalue weighted by Crippen LogP contribution is -2.47. The van der Waals surface area contributed by atoms with Crippen molar-refractivity contribution in [2.75, 3.05) is 11.5 Å². The average Bonchev–Trinajstić information content (AvgIpc) is 2.78. The highest BCUT2D eigenvalue weighted by molar-refractivity contribution is 9.10. The van der Waals surface area contributed by atoms with Crippen molar-refractivity contribution in [2.24, 2.45) is 0 Å². The van der Waals surface area contributed by atoms with Gasteiger partial charge in [0.2, 0.25) is 10.0 Å². The summed E-state index contributed by atoms with van der Waals surface area (Å²) >= 11 is 4.84. The Kier molecular flexibility index (Phi) is 4.02. The van der Waals surface area contributed by atoms with Crippen molar-refractivity contribution in [3.63, 3.8) is 0 Å². The summed E-state index contributed by atoms with van der Waals surface area (Å²) < 4.78 is 27.7. The highest BCUT2D eigenvalue weighted by Gasteiger charge is 2.38. The van der Waals surface area contributed by atoms with Crippen LogP contribution in [0.2, 0.25) is 0 Å². The molecule has 18 heavy (non-hydrogen) atoms. The Labute approximate surface area is 119 Å². The summed E-state index contributed by atoms with van der Waals surface area (Å²) in [5.74, 6) is 1.30. The van der Waals surface area contributed by atoms with E-state index in [2.05, 4.69) is 26.7 Å². The first-order valence-electron chi connectivity index (χ1n) is 5.26. The fraction of sp³-hybridized carbons (Fsp3) is 0.364. The van der Waals surface area contributed by atoms with Crippen molar-refractivity contribution in [1.29, 1.82) is 5.26 Å². The van der Waals surface area contributed by atoms with Crippen LogP contribution >= 0.6 is 27.7 Å². The smallest absolute Gasteiger partial charge is 0.207 e. The third kappa shape index (κ3) is 2.88. The van der Waals surface area contributed by atoms with Crippen LogP contribution in [0.15, 0.2) is 33.6 Å². The largest absolute Gasteiger partial charge is 0.241 e. The molecule has 1 atom stereocenters. The third-order valence-corrected chi connectivity index (χ3v) is 5.96. The van der Waals surface area contributed by atoms with Gasteiger partial charge in [0.25, 0.3) is 0 Å². The molecule has 0 amide bonds. The molecule has 0 aliphatic carbocycles. The second-order valence-electron chi connectivity index (χ2n) is 4.06. The van der Waals surface area contributed by atoms with Crippen LogP contribution in [-0.2, 0) is 10.0 Å². The van der Waals surface area contributed by atoms with Gasteiger partial charge in [0, 0.05) is 10.2 Å². The molecule has 1 aliphatic heterocycles. The number of sulfonamides is 1. The van der Waals surface area contributed by atoms with Crippen LogP contribution in [0.3, 0.4) is 0 Å². The van der Waals surface area contributed by atoms with E-state index in [0.717, 1.165) is 10.2 Å². The van der Waals surface area contributed by atoms with Gasteiger partial charge in [0.15, 0.2) is 0 Å². The first kappa shape index (κ1) is 13.9. The zero-order valence-corrected chi connectivity index (χ0v) is 12.6. The maximum Gasteiger partial charge on any atom is 0.241 e. The molecular weight excluding hydrogens is 336 g/mol. The Balaban J connectivity index is 2.27. The summed E-state index contributed by atoms with van der Waals surface area (Å²) in [4.78, 5) is 0.178. The summed E-state index contributed by atoms with van der Waals surface area (Å²) in [6.45, 7) is 0. The number of nitriles is 1. The van der Waals surface area contributed by atoms with Crippen molar-refractivity contribution >= 4 is 37.7 Å². The van der Waals surface area contributed by atoms with Gasteiger partial charge in [0.05, 0.1) is 11.0 Å². The number of hydrogen-bond donors (Lipinski definition) is 1. The predicted molar refractivity (Wildman–Crippen MR) is 74.7 cm³/mol. The molecule has 2 rings (SSSR count). The summed E-state index contributed by atoms with van der Waals surface area (Å²) in [5, 5.41) is 9.17. The maximum absolute atomic E-state index is 12.2. The number of halogens is 1. The molecule has 1 aromatic rings. The summed E-state index contributed by atoms with van der Waals surface area (Å²) in [6, 6.07) is 8.45. The number of hydrogen-bond acceptors (Lipinski definition) is 4. The van der Waals surface area contributed by atoms with Gasteiger partial charge < -0.3 is 0 Å². The van der Waals surface area contributed by atoms with Gasteiger partial charge in [-0.3, -0.25) is 0 Å². The zero-order chi connectivity index (χ0) is 13.2. The molecule has 1 aromatic carbocycles. The van der Waals surface area contributed by atoms with E-state index < -0.39 is 15.6 Å². The maximum atomic E-state index is 12.2. The van der Waals surface area contributed by atoms with E-state index in [4.69, 9.17) is 0 Å².